The lowest BCUT2D eigenvalue weighted by Crippen LogP contribution is -2.37. The van der Waals surface area contributed by atoms with Crippen LogP contribution in [0.1, 0.15) is 96.8 Å². The smallest absolute Gasteiger partial charge is 0.400 e. The van der Waals surface area contributed by atoms with E-state index in [1.807, 2.05) is 0 Å². The second-order valence-electron chi connectivity index (χ2n) is 12.5. The molecular formula is C33H43F7O3. The van der Waals surface area contributed by atoms with Crippen LogP contribution in [-0.2, 0) is 4.74 Å². The summed E-state index contributed by atoms with van der Waals surface area (Å²) in [5, 5.41) is 0. The normalized spacial score (nSPS) is 28.6. The standard InChI is InChI=1S/C33H43F7O3/c1-2-5-23-12-17-29(41-20-23)24-13-8-21(9-14-24)6-3-4-7-22-10-15-25(16-11-22)33(39,40)43-26-18-27(34)30(28(35)19-26)42-32(38)31(36)37/h4,7,18-19,21-25,29H,2-3,5-6,8-17,20H2,1H3. The third kappa shape index (κ3) is 9.63. The van der Waals surface area contributed by atoms with Crippen molar-refractivity contribution >= 4 is 0 Å². The summed E-state index contributed by atoms with van der Waals surface area (Å²) in [4.78, 5) is 0. The van der Waals surface area contributed by atoms with Gasteiger partial charge in [-0.15, -0.1) is 0 Å². The second-order valence-corrected chi connectivity index (χ2v) is 12.5. The summed E-state index contributed by atoms with van der Waals surface area (Å²) in [5.41, 5.74) is 0. The van der Waals surface area contributed by atoms with Crippen LogP contribution in [0.25, 0.3) is 0 Å². The first-order chi connectivity index (χ1) is 20.6. The van der Waals surface area contributed by atoms with Crippen LogP contribution in [0, 0.1) is 41.2 Å². The predicted molar refractivity (Wildman–Crippen MR) is 150 cm³/mol. The maximum Gasteiger partial charge on any atom is 0.400 e. The van der Waals surface area contributed by atoms with E-state index in [2.05, 4.69) is 28.5 Å². The van der Waals surface area contributed by atoms with E-state index in [4.69, 9.17) is 4.74 Å². The zero-order valence-corrected chi connectivity index (χ0v) is 24.8. The summed E-state index contributed by atoms with van der Waals surface area (Å²) >= 11 is 0. The first-order valence-electron chi connectivity index (χ1n) is 15.8. The minimum Gasteiger partial charge on any atom is -0.432 e. The summed E-state index contributed by atoms with van der Waals surface area (Å²) in [6.45, 7) is 3.16. The van der Waals surface area contributed by atoms with Crippen LogP contribution in [0.4, 0.5) is 30.7 Å². The Morgan fingerprint density at radius 2 is 1.53 bits per heavy atom. The molecule has 1 aromatic carbocycles. The maximum atomic E-state index is 14.8. The molecule has 2 saturated carbocycles. The molecule has 1 aromatic rings. The Morgan fingerprint density at radius 3 is 2.12 bits per heavy atom. The molecule has 2 aliphatic carbocycles. The average Bonchev–Trinajstić information content (AvgIpc) is 2.98. The molecule has 3 fully saturated rings. The lowest BCUT2D eigenvalue weighted by atomic mass is 9.75. The highest BCUT2D eigenvalue weighted by molar-refractivity contribution is 5.36. The van der Waals surface area contributed by atoms with Gasteiger partial charge in [0, 0.05) is 18.7 Å². The van der Waals surface area contributed by atoms with Gasteiger partial charge in [-0.05, 0) is 94.3 Å². The number of halogens is 7. The Kier molecular flexibility index (Phi) is 12.3. The molecule has 0 bridgehead atoms. The van der Waals surface area contributed by atoms with E-state index in [0.717, 1.165) is 31.3 Å². The molecule has 2 atom stereocenters. The Hall–Kier alpha value is -2.23. The quantitative estimate of drug-likeness (QED) is 0.132. The highest BCUT2D eigenvalue weighted by Gasteiger charge is 2.44. The Bertz CT molecular complexity index is 1060. The number of alkyl halides is 2. The van der Waals surface area contributed by atoms with Gasteiger partial charge in [0.1, 0.15) is 5.75 Å². The summed E-state index contributed by atoms with van der Waals surface area (Å²) in [6.07, 6.45) is 11.6. The van der Waals surface area contributed by atoms with Gasteiger partial charge >= 0.3 is 18.2 Å². The van der Waals surface area contributed by atoms with E-state index in [9.17, 15) is 30.7 Å². The van der Waals surface area contributed by atoms with E-state index in [-0.39, 0.29) is 18.8 Å². The minimum absolute atomic E-state index is 0.173. The summed E-state index contributed by atoms with van der Waals surface area (Å²) in [6, 6.07) is -1.79. The van der Waals surface area contributed by atoms with E-state index in [1.165, 1.54) is 51.4 Å². The van der Waals surface area contributed by atoms with E-state index < -0.39 is 47.3 Å². The molecule has 0 N–H and O–H groups in total. The minimum atomic E-state index is -3.70. The van der Waals surface area contributed by atoms with E-state index >= 15 is 0 Å². The topological polar surface area (TPSA) is 27.7 Å². The monoisotopic (exact) mass is 620 g/mol. The summed E-state index contributed by atoms with van der Waals surface area (Å²) < 4.78 is 110. The van der Waals surface area contributed by atoms with Gasteiger partial charge in [0.05, 0.1) is 12.0 Å². The van der Waals surface area contributed by atoms with Crippen LogP contribution in [0.3, 0.4) is 0 Å². The predicted octanol–water partition coefficient (Wildman–Crippen LogP) is 10.9. The van der Waals surface area contributed by atoms with E-state index in [1.54, 1.807) is 0 Å². The van der Waals surface area contributed by atoms with Gasteiger partial charge in [0.15, 0.2) is 11.6 Å². The maximum absolute atomic E-state index is 14.8. The van der Waals surface area contributed by atoms with Crippen LogP contribution >= 0.6 is 0 Å². The van der Waals surface area contributed by atoms with Gasteiger partial charge in [0.25, 0.3) is 0 Å². The molecule has 0 radical (unpaired) electrons. The zero-order chi connectivity index (χ0) is 31.0. The highest BCUT2D eigenvalue weighted by Crippen LogP contribution is 2.42. The van der Waals surface area contributed by atoms with Gasteiger partial charge in [-0.25, -0.2) is 8.78 Å². The fourth-order valence-electron chi connectivity index (χ4n) is 7.01. The fraction of sp³-hybridized carbons (Fsp3) is 0.697. The molecule has 2 unspecified atom stereocenters. The van der Waals surface area contributed by atoms with Gasteiger partial charge < -0.3 is 14.2 Å². The third-order valence-electron chi connectivity index (χ3n) is 9.48. The van der Waals surface area contributed by atoms with Crippen molar-refractivity contribution in [3.8, 4) is 11.5 Å². The Balaban J connectivity index is 1.15. The molecule has 43 heavy (non-hydrogen) atoms. The van der Waals surface area contributed by atoms with Gasteiger partial charge in [-0.1, -0.05) is 38.3 Å². The van der Waals surface area contributed by atoms with Crippen molar-refractivity contribution in [3.05, 3.63) is 48.0 Å². The van der Waals surface area contributed by atoms with Crippen LogP contribution in [-0.4, -0.2) is 18.8 Å². The number of benzene rings is 1. The number of hydrogen-bond acceptors (Lipinski definition) is 3. The number of hydrogen-bond donors (Lipinski definition) is 0. The first-order valence-corrected chi connectivity index (χ1v) is 15.8. The molecule has 1 saturated heterocycles. The molecule has 4 rings (SSSR count). The average molecular weight is 621 g/mol. The fourth-order valence-corrected chi connectivity index (χ4v) is 7.01. The van der Waals surface area contributed by atoms with Crippen LogP contribution in [0.15, 0.2) is 36.4 Å². The molecule has 1 heterocycles. The number of ether oxygens (including phenoxy) is 3. The first kappa shape index (κ1) is 33.7. The molecule has 0 amide bonds. The SMILES string of the molecule is CCCC1CCC(C2CCC(CCC=CC3CCC(C(F)(F)Oc4cc(F)c(OC(F)=C(F)F)c(F)c4)CC3)CC2)OC1. The number of allylic oxidation sites excluding steroid dienone is 2. The Labute approximate surface area is 249 Å². The van der Waals surface area contributed by atoms with Crippen LogP contribution in [0.5, 0.6) is 11.5 Å². The molecule has 3 aliphatic rings. The van der Waals surface area contributed by atoms with Crippen molar-refractivity contribution in [1.29, 1.82) is 0 Å². The molecule has 242 valence electrons. The molecule has 10 heteroatoms. The highest BCUT2D eigenvalue weighted by atomic mass is 19.3. The lowest BCUT2D eigenvalue weighted by molar-refractivity contribution is -0.223. The molecule has 3 nitrogen and oxygen atoms in total. The number of rotatable bonds is 12. The molecule has 0 spiro atoms. The van der Waals surface area contributed by atoms with Crippen molar-refractivity contribution in [1.82, 2.24) is 0 Å². The van der Waals surface area contributed by atoms with Crippen molar-refractivity contribution < 1.29 is 44.9 Å². The van der Waals surface area contributed by atoms with Crippen molar-refractivity contribution in [2.24, 2.45) is 29.6 Å². The second kappa shape index (κ2) is 15.7. The third-order valence-corrected chi connectivity index (χ3v) is 9.48. The zero-order valence-electron chi connectivity index (χ0n) is 24.8. The van der Waals surface area contributed by atoms with E-state index in [0.29, 0.717) is 37.0 Å². The van der Waals surface area contributed by atoms with Crippen molar-refractivity contribution in [2.75, 3.05) is 6.61 Å². The molecule has 0 aromatic heterocycles. The molecule has 1 aliphatic heterocycles. The van der Waals surface area contributed by atoms with Gasteiger partial charge in [0.2, 0.25) is 5.75 Å². The van der Waals surface area contributed by atoms with Crippen LogP contribution < -0.4 is 9.47 Å². The van der Waals surface area contributed by atoms with Crippen molar-refractivity contribution in [2.45, 2.75) is 109 Å². The largest absolute Gasteiger partial charge is 0.432 e. The summed E-state index contributed by atoms with van der Waals surface area (Å²) in [5.74, 6) is -4.43. The Morgan fingerprint density at radius 1 is 0.884 bits per heavy atom. The summed E-state index contributed by atoms with van der Waals surface area (Å²) in [7, 11) is 0. The van der Waals surface area contributed by atoms with Gasteiger partial charge in [-0.3, -0.25) is 0 Å². The van der Waals surface area contributed by atoms with Crippen molar-refractivity contribution in [3.63, 3.8) is 0 Å². The van der Waals surface area contributed by atoms with Crippen LogP contribution in [0.2, 0.25) is 0 Å². The lowest BCUT2D eigenvalue weighted by Gasteiger charge is -2.38. The molecular weight excluding hydrogens is 577 g/mol. The van der Waals surface area contributed by atoms with Gasteiger partial charge in [-0.2, -0.15) is 22.0 Å².